The van der Waals surface area contributed by atoms with Crippen LogP contribution >= 0.6 is 0 Å². The van der Waals surface area contributed by atoms with Gasteiger partial charge in [-0.3, -0.25) is 9.69 Å². The Bertz CT molecular complexity index is 1480. The molecule has 0 aliphatic carbocycles. The zero-order chi connectivity index (χ0) is 27.5. The van der Waals surface area contributed by atoms with Crippen molar-refractivity contribution in [2.24, 2.45) is 5.92 Å². The lowest BCUT2D eigenvalue weighted by atomic mass is 9.99. The van der Waals surface area contributed by atoms with Crippen LogP contribution in [-0.4, -0.2) is 38.3 Å². The van der Waals surface area contributed by atoms with Crippen molar-refractivity contribution in [1.82, 2.24) is 19.4 Å². The van der Waals surface area contributed by atoms with E-state index in [1.807, 2.05) is 13.8 Å². The molecule has 0 bridgehead atoms. The first kappa shape index (κ1) is 27.0. The second kappa shape index (κ2) is 11.7. The van der Waals surface area contributed by atoms with E-state index < -0.39 is 17.5 Å². The minimum absolute atomic E-state index is 0.149. The maximum Gasteiger partial charge on any atom is 0.257 e. The van der Waals surface area contributed by atoms with E-state index in [1.165, 1.54) is 16.7 Å². The van der Waals surface area contributed by atoms with Crippen LogP contribution in [0.2, 0.25) is 0 Å². The molecule has 1 aromatic heterocycles. The third-order valence-corrected chi connectivity index (χ3v) is 7.32. The second-order valence-corrected chi connectivity index (χ2v) is 10.9. The maximum atomic E-state index is 14.5. The summed E-state index contributed by atoms with van der Waals surface area (Å²) in [4.78, 5) is 22.4. The zero-order valence-corrected chi connectivity index (χ0v) is 23.0. The van der Waals surface area contributed by atoms with Gasteiger partial charge in [0.15, 0.2) is 0 Å². The third kappa shape index (κ3) is 6.04. The first-order valence-corrected chi connectivity index (χ1v) is 13.8. The van der Waals surface area contributed by atoms with Gasteiger partial charge in [0.25, 0.3) is 5.91 Å². The molecule has 0 radical (unpaired) electrons. The highest BCUT2D eigenvalue weighted by atomic mass is 19.1. The highest BCUT2D eigenvalue weighted by molar-refractivity contribution is 5.94. The van der Waals surface area contributed by atoms with Gasteiger partial charge in [0.1, 0.15) is 17.5 Å². The molecular formula is C32H36F2N4O. The molecule has 0 saturated heterocycles. The Hall–Kier alpha value is -3.58. The summed E-state index contributed by atoms with van der Waals surface area (Å²) in [5.74, 6) is -0.978. The van der Waals surface area contributed by atoms with Gasteiger partial charge in [0.2, 0.25) is 0 Å². The van der Waals surface area contributed by atoms with Gasteiger partial charge in [-0.15, -0.1) is 0 Å². The number of hydrogen-bond acceptors (Lipinski definition) is 3. The lowest BCUT2D eigenvalue weighted by Gasteiger charge is -2.28. The van der Waals surface area contributed by atoms with Crippen molar-refractivity contribution >= 4 is 16.9 Å². The van der Waals surface area contributed by atoms with Crippen LogP contribution in [0, 0.1) is 17.6 Å². The second-order valence-electron chi connectivity index (χ2n) is 10.9. The number of hydrogen-bond donors (Lipinski definition) is 0. The number of carbonyl (C=O) groups excluding carboxylic acids is 1. The van der Waals surface area contributed by atoms with Crippen LogP contribution in [0.3, 0.4) is 0 Å². The summed E-state index contributed by atoms with van der Waals surface area (Å²) in [6.07, 6.45) is 1.96. The first-order chi connectivity index (χ1) is 18.8. The van der Waals surface area contributed by atoms with Crippen molar-refractivity contribution in [3.63, 3.8) is 0 Å². The molecular weight excluding hydrogens is 494 g/mol. The summed E-state index contributed by atoms with van der Waals surface area (Å²) in [7, 11) is 0. The topological polar surface area (TPSA) is 41.4 Å². The smallest absolute Gasteiger partial charge is 0.257 e. The summed E-state index contributed by atoms with van der Waals surface area (Å²) in [6, 6.07) is 18.1. The molecule has 39 heavy (non-hydrogen) atoms. The van der Waals surface area contributed by atoms with E-state index >= 15 is 0 Å². The van der Waals surface area contributed by atoms with Crippen molar-refractivity contribution in [2.45, 2.75) is 59.8 Å². The Morgan fingerprint density at radius 3 is 2.62 bits per heavy atom. The molecule has 1 aliphatic rings. The third-order valence-electron chi connectivity index (χ3n) is 7.32. The van der Waals surface area contributed by atoms with Crippen molar-refractivity contribution in [1.29, 1.82) is 0 Å². The Balaban J connectivity index is 1.42. The Labute approximate surface area is 229 Å². The van der Waals surface area contributed by atoms with E-state index in [0.29, 0.717) is 6.54 Å². The van der Waals surface area contributed by atoms with Gasteiger partial charge < -0.3 is 9.47 Å². The van der Waals surface area contributed by atoms with E-state index in [0.717, 1.165) is 74.1 Å². The van der Waals surface area contributed by atoms with Gasteiger partial charge in [-0.25, -0.2) is 13.8 Å². The van der Waals surface area contributed by atoms with Gasteiger partial charge in [0, 0.05) is 32.7 Å². The fourth-order valence-electron chi connectivity index (χ4n) is 5.53. The number of aromatic nitrogens is 2. The van der Waals surface area contributed by atoms with E-state index in [1.54, 1.807) is 4.90 Å². The molecule has 0 atom stereocenters. The predicted octanol–water partition coefficient (Wildman–Crippen LogP) is 6.58. The van der Waals surface area contributed by atoms with Gasteiger partial charge in [-0.05, 0) is 65.8 Å². The number of nitrogens with zero attached hydrogens (tertiary/aromatic N) is 4. The van der Waals surface area contributed by atoms with Crippen LogP contribution in [-0.2, 0) is 32.6 Å². The highest BCUT2D eigenvalue weighted by Crippen LogP contribution is 2.25. The zero-order valence-electron chi connectivity index (χ0n) is 23.0. The van der Waals surface area contributed by atoms with E-state index in [-0.39, 0.29) is 18.0 Å². The summed E-state index contributed by atoms with van der Waals surface area (Å²) < 4.78 is 30.5. The SMILES string of the molecule is CCCn1c(CN(CC(C)C)C(=O)c2cc(F)ccc2F)nc2cc(CN3CCc4ccccc4C3)ccc21. The number of carbonyl (C=O) groups is 1. The number of rotatable bonds is 9. The molecule has 0 saturated carbocycles. The summed E-state index contributed by atoms with van der Waals surface area (Å²) in [5, 5.41) is 0. The van der Waals surface area contributed by atoms with Gasteiger partial charge in [-0.2, -0.15) is 0 Å². The molecule has 1 amide bonds. The van der Waals surface area contributed by atoms with Crippen molar-refractivity contribution in [2.75, 3.05) is 13.1 Å². The summed E-state index contributed by atoms with van der Waals surface area (Å²) >= 11 is 0. The number of benzene rings is 3. The number of halogens is 2. The molecule has 204 valence electrons. The number of imidazole rings is 1. The lowest BCUT2D eigenvalue weighted by Crippen LogP contribution is -2.35. The quantitative estimate of drug-likeness (QED) is 0.245. The minimum Gasteiger partial charge on any atom is -0.331 e. The van der Waals surface area contributed by atoms with Crippen LogP contribution in [0.25, 0.3) is 11.0 Å². The Kier molecular flexibility index (Phi) is 8.07. The predicted molar refractivity (Wildman–Crippen MR) is 150 cm³/mol. The molecule has 0 N–H and O–H groups in total. The Morgan fingerprint density at radius 1 is 1.05 bits per heavy atom. The molecule has 0 unspecified atom stereocenters. The highest BCUT2D eigenvalue weighted by Gasteiger charge is 2.24. The number of fused-ring (bicyclic) bond motifs is 2. The monoisotopic (exact) mass is 530 g/mol. The maximum absolute atomic E-state index is 14.5. The van der Waals surface area contributed by atoms with Crippen LogP contribution in [0.5, 0.6) is 0 Å². The fourth-order valence-corrected chi connectivity index (χ4v) is 5.53. The normalized spacial score (nSPS) is 13.7. The summed E-state index contributed by atoms with van der Waals surface area (Å²) in [6.45, 7) is 10.3. The molecule has 5 rings (SSSR count). The average Bonchev–Trinajstić information content (AvgIpc) is 3.25. The van der Waals surface area contributed by atoms with Crippen molar-refractivity contribution in [3.8, 4) is 0 Å². The van der Waals surface area contributed by atoms with Gasteiger partial charge >= 0.3 is 0 Å². The molecule has 2 heterocycles. The summed E-state index contributed by atoms with van der Waals surface area (Å²) in [5.41, 5.74) is 5.69. The lowest BCUT2D eigenvalue weighted by molar-refractivity contribution is 0.0711. The molecule has 4 aromatic rings. The fraction of sp³-hybridized carbons (Fsp3) is 0.375. The average molecular weight is 531 g/mol. The van der Waals surface area contributed by atoms with Gasteiger partial charge in [-0.1, -0.05) is 51.1 Å². The van der Waals surface area contributed by atoms with Crippen molar-refractivity contribution in [3.05, 3.63) is 100 Å². The molecule has 7 heteroatoms. The van der Waals surface area contributed by atoms with Crippen LogP contribution in [0.4, 0.5) is 8.78 Å². The molecule has 1 aliphatic heterocycles. The van der Waals surface area contributed by atoms with Crippen molar-refractivity contribution < 1.29 is 13.6 Å². The van der Waals surface area contributed by atoms with E-state index in [2.05, 4.69) is 58.9 Å². The molecule has 5 nitrogen and oxygen atoms in total. The van der Waals surface area contributed by atoms with Crippen LogP contribution < -0.4 is 0 Å². The van der Waals surface area contributed by atoms with E-state index in [9.17, 15) is 13.6 Å². The van der Waals surface area contributed by atoms with Gasteiger partial charge in [0.05, 0.1) is 23.1 Å². The minimum atomic E-state index is -0.720. The molecule has 0 fully saturated rings. The first-order valence-electron chi connectivity index (χ1n) is 13.8. The molecule has 0 spiro atoms. The Morgan fingerprint density at radius 2 is 1.85 bits per heavy atom. The number of amides is 1. The van der Waals surface area contributed by atoms with E-state index in [4.69, 9.17) is 4.98 Å². The van der Waals surface area contributed by atoms with Crippen LogP contribution in [0.15, 0.2) is 60.7 Å². The number of aryl methyl sites for hydroxylation is 1. The largest absolute Gasteiger partial charge is 0.331 e. The standard InChI is InChI=1S/C32H36F2N4O/c1-4-14-38-30-12-9-23(19-36-15-13-24-7-5-6-8-25(24)20-36)16-29(30)35-31(38)21-37(18-22(2)3)32(39)27-17-26(33)10-11-28(27)34/h5-12,16-17,22H,4,13-15,18-21H2,1-3H3. The molecule has 3 aromatic carbocycles. The van der Waals surface area contributed by atoms with Crippen LogP contribution in [0.1, 0.15) is 60.1 Å².